The largest absolute Gasteiger partial charge is 0.466 e. The van der Waals surface area contributed by atoms with Gasteiger partial charge in [-0.25, -0.2) is 0 Å². The van der Waals surface area contributed by atoms with Crippen LogP contribution in [0.1, 0.15) is 33.7 Å². The number of hydrogen-bond donors (Lipinski definition) is 0. The number of amides is 1. The van der Waals surface area contributed by atoms with E-state index in [0.717, 1.165) is 11.3 Å². The molecule has 1 saturated heterocycles. The molecule has 0 bridgehead atoms. The lowest BCUT2D eigenvalue weighted by Gasteiger charge is -2.36. The molecule has 23 heavy (non-hydrogen) atoms. The van der Waals surface area contributed by atoms with Gasteiger partial charge in [0.15, 0.2) is 0 Å². The molecule has 7 heteroatoms. The molecular formula is C16H15N3O3S. The molecule has 0 spiro atoms. The SMILES string of the molecule is Cc1cc(C(=O)N2CC(c3nc(-c4ccsc4)no3)C2)c(C)o1. The van der Waals surface area contributed by atoms with Crippen molar-refractivity contribution in [1.82, 2.24) is 15.0 Å². The number of hydrogen-bond acceptors (Lipinski definition) is 6. The number of likely N-dealkylation sites (tertiary alicyclic amines) is 1. The Morgan fingerprint density at radius 3 is 2.87 bits per heavy atom. The van der Waals surface area contributed by atoms with Gasteiger partial charge in [-0.05, 0) is 31.4 Å². The highest BCUT2D eigenvalue weighted by Gasteiger charge is 2.37. The molecule has 0 saturated carbocycles. The predicted molar refractivity (Wildman–Crippen MR) is 84.4 cm³/mol. The molecule has 4 rings (SSSR count). The van der Waals surface area contributed by atoms with Gasteiger partial charge in [0.2, 0.25) is 11.7 Å². The fraction of sp³-hybridized carbons (Fsp3) is 0.312. The molecule has 0 atom stereocenters. The molecule has 3 aromatic heterocycles. The molecule has 1 fully saturated rings. The molecule has 0 aromatic carbocycles. The van der Waals surface area contributed by atoms with Crippen molar-refractivity contribution in [1.29, 1.82) is 0 Å². The fourth-order valence-electron chi connectivity index (χ4n) is 2.72. The van der Waals surface area contributed by atoms with Crippen molar-refractivity contribution in [3.63, 3.8) is 0 Å². The van der Waals surface area contributed by atoms with Crippen LogP contribution in [0, 0.1) is 13.8 Å². The van der Waals surface area contributed by atoms with Gasteiger partial charge in [0, 0.05) is 24.0 Å². The number of aromatic nitrogens is 2. The summed E-state index contributed by atoms with van der Waals surface area (Å²) in [7, 11) is 0. The average Bonchev–Trinajstić information content (AvgIpc) is 3.17. The summed E-state index contributed by atoms with van der Waals surface area (Å²) in [4.78, 5) is 18.6. The lowest BCUT2D eigenvalue weighted by Crippen LogP contribution is -2.48. The smallest absolute Gasteiger partial charge is 0.257 e. The summed E-state index contributed by atoms with van der Waals surface area (Å²) in [5.74, 6) is 2.71. The van der Waals surface area contributed by atoms with Gasteiger partial charge >= 0.3 is 0 Å². The fourth-order valence-corrected chi connectivity index (χ4v) is 3.36. The van der Waals surface area contributed by atoms with Gasteiger partial charge in [0.1, 0.15) is 11.5 Å². The van der Waals surface area contributed by atoms with Gasteiger partial charge < -0.3 is 13.8 Å². The standard InChI is InChI=1S/C16H15N3O3S/c1-9-5-13(10(2)21-9)16(20)19-6-12(7-19)15-17-14(18-22-15)11-3-4-23-8-11/h3-5,8,12H,6-7H2,1-2H3. The molecule has 6 nitrogen and oxygen atoms in total. The second-order valence-electron chi connectivity index (χ2n) is 5.70. The molecule has 1 amide bonds. The molecular weight excluding hydrogens is 314 g/mol. The Labute approximate surface area is 136 Å². The lowest BCUT2D eigenvalue weighted by atomic mass is 9.99. The molecule has 1 aliphatic rings. The van der Waals surface area contributed by atoms with Crippen LogP contribution < -0.4 is 0 Å². The first-order valence-corrected chi connectivity index (χ1v) is 8.28. The number of carbonyl (C=O) groups excluding carboxylic acids is 1. The van der Waals surface area contributed by atoms with E-state index >= 15 is 0 Å². The maximum absolute atomic E-state index is 12.4. The Balaban J connectivity index is 1.43. The highest BCUT2D eigenvalue weighted by molar-refractivity contribution is 7.08. The first-order valence-electron chi connectivity index (χ1n) is 7.34. The maximum atomic E-state index is 12.4. The van der Waals surface area contributed by atoms with E-state index in [0.29, 0.717) is 36.1 Å². The first-order chi connectivity index (χ1) is 11.1. The Hall–Kier alpha value is -2.41. The van der Waals surface area contributed by atoms with E-state index in [2.05, 4.69) is 10.1 Å². The van der Waals surface area contributed by atoms with Crippen molar-refractivity contribution >= 4 is 17.2 Å². The second kappa shape index (κ2) is 5.34. The van der Waals surface area contributed by atoms with Crippen molar-refractivity contribution in [2.45, 2.75) is 19.8 Å². The van der Waals surface area contributed by atoms with Crippen LogP contribution >= 0.6 is 11.3 Å². The summed E-state index contributed by atoms with van der Waals surface area (Å²) in [5, 5.41) is 7.97. The summed E-state index contributed by atoms with van der Waals surface area (Å²) in [6, 6.07) is 3.74. The molecule has 1 aliphatic heterocycles. The monoisotopic (exact) mass is 329 g/mol. The van der Waals surface area contributed by atoms with Crippen LogP contribution in [0.15, 0.2) is 31.8 Å². The summed E-state index contributed by atoms with van der Waals surface area (Å²) in [5.41, 5.74) is 1.59. The van der Waals surface area contributed by atoms with E-state index in [1.165, 1.54) is 0 Å². The first kappa shape index (κ1) is 14.2. The molecule has 3 aromatic rings. The van der Waals surface area contributed by atoms with Gasteiger partial charge in [-0.2, -0.15) is 16.3 Å². The minimum absolute atomic E-state index is 0.00632. The number of furan rings is 1. The van der Waals surface area contributed by atoms with E-state index < -0.39 is 0 Å². The number of aryl methyl sites for hydroxylation is 2. The number of rotatable bonds is 3. The number of thiophene rings is 1. The van der Waals surface area contributed by atoms with E-state index in [-0.39, 0.29) is 11.8 Å². The number of nitrogens with zero attached hydrogens (tertiary/aromatic N) is 3. The quantitative estimate of drug-likeness (QED) is 0.737. The van der Waals surface area contributed by atoms with E-state index in [4.69, 9.17) is 8.94 Å². The Morgan fingerprint density at radius 1 is 1.39 bits per heavy atom. The normalized spacial score (nSPS) is 15.0. The van der Waals surface area contributed by atoms with Crippen LogP contribution in [0.4, 0.5) is 0 Å². The minimum Gasteiger partial charge on any atom is -0.466 e. The van der Waals surface area contributed by atoms with Crippen molar-refractivity contribution in [2.24, 2.45) is 0 Å². The van der Waals surface area contributed by atoms with Crippen LogP contribution in [0.25, 0.3) is 11.4 Å². The van der Waals surface area contributed by atoms with Crippen molar-refractivity contribution in [2.75, 3.05) is 13.1 Å². The third-order valence-electron chi connectivity index (χ3n) is 4.01. The van der Waals surface area contributed by atoms with Gasteiger partial charge in [-0.1, -0.05) is 5.16 Å². The zero-order valence-electron chi connectivity index (χ0n) is 12.8. The van der Waals surface area contributed by atoms with Crippen LogP contribution in [-0.2, 0) is 0 Å². The van der Waals surface area contributed by atoms with Crippen molar-refractivity contribution in [3.8, 4) is 11.4 Å². The predicted octanol–water partition coefficient (Wildman–Crippen LogP) is 3.25. The molecule has 0 unspecified atom stereocenters. The Bertz CT molecular complexity index is 844. The molecule has 0 radical (unpaired) electrons. The van der Waals surface area contributed by atoms with Crippen LogP contribution in [0.3, 0.4) is 0 Å². The third kappa shape index (κ3) is 2.46. The lowest BCUT2D eigenvalue weighted by molar-refractivity contribution is 0.0567. The highest BCUT2D eigenvalue weighted by Crippen LogP contribution is 2.30. The summed E-state index contributed by atoms with van der Waals surface area (Å²) < 4.78 is 10.8. The molecule has 4 heterocycles. The summed E-state index contributed by atoms with van der Waals surface area (Å²) in [6.45, 7) is 4.83. The van der Waals surface area contributed by atoms with Gasteiger partial charge in [0.25, 0.3) is 5.91 Å². The zero-order chi connectivity index (χ0) is 16.0. The van der Waals surface area contributed by atoms with Gasteiger partial charge in [0.05, 0.1) is 11.5 Å². The highest BCUT2D eigenvalue weighted by atomic mass is 32.1. The number of carbonyl (C=O) groups is 1. The topological polar surface area (TPSA) is 72.4 Å². The van der Waals surface area contributed by atoms with Crippen molar-refractivity contribution in [3.05, 3.63) is 45.9 Å². The molecule has 0 aliphatic carbocycles. The average molecular weight is 329 g/mol. The Kier molecular flexibility index (Phi) is 3.30. The molecule has 0 N–H and O–H groups in total. The van der Waals surface area contributed by atoms with E-state index in [9.17, 15) is 4.79 Å². The van der Waals surface area contributed by atoms with Crippen LogP contribution in [0.5, 0.6) is 0 Å². The summed E-state index contributed by atoms with van der Waals surface area (Å²) in [6.07, 6.45) is 0. The third-order valence-corrected chi connectivity index (χ3v) is 4.69. The van der Waals surface area contributed by atoms with Crippen molar-refractivity contribution < 1.29 is 13.7 Å². The van der Waals surface area contributed by atoms with Gasteiger partial charge in [-0.15, -0.1) is 0 Å². The summed E-state index contributed by atoms with van der Waals surface area (Å²) >= 11 is 1.59. The maximum Gasteiger partial charge on any atom is 0.257 e. The zero-order valence-corrected chi connectivity index (χ0v) is 13.6. The Morgan fingerprint density at radius 2 is 2.22 bits per heavy atom. The molecule has 118 valence electrons. The second-order valence-corrected chi connectivity index (χ2v) is 6.48. The van der Waals surface area contributed by atoms with Crippen LogP contribution in [0.2, 0.25) is 0 Å². The van der Waals surface area contributed by atoms with E-state index in [1.807, 2.05) is 30.7 Å². The van der Waals surface area contributed by atoms with Crippen LogP contribution in [-0.4, -0.2) is 34.0 Å². The minimum atomic E-state index is -0.00632. The van der Waals surface area contributed by atoms with E-state index in [1.54, 1.807) is 22.3 Å². The van der Waals surface area contributed by atoms with Gasteiger partial charge in [-0.3, -0.25) is 4.79 Å².